The van der Waals surface area contributed by atoms with E-state index < -0.39 is 23.2 Å². The number of benzene rings is 3. The summed E-state index contributed by atoms with van der Waals surface area (Å²) < 4.78 is 45.4. The number of methoxy groups -OCH3 is 1. The number of amides is 1. The molecule has 184 valence electrons. The van der Waals surface area contributed by atoms with Gasteiger partial charge in [-0.15, -0.1) is 0 Å². The zero-order valence-electron chi connectivity index (χ0n) is 19.4. The lowest BCUT2D eigenvalue weighted by Gasteiger charge is -2.19. The first kappa shape index (κ1) is 23.7. The molecule has 3 aromatic carbocycles. The van der Waals surface area contributed by atoms with E-state index in [-0.39, 0.29) is 5.91 Å². The summed E-state index contributed by atoms with van der Waals surface area (Å²) in [5, 5.41) is 4.03. The molecule has 0 unspecified atom stereocenters. The van der Waals surface area contributed by atoms with E-state index in [0.29, 0.717) is 28.8 Å². The van der Waals surface area contributed by atoms with Gasteiger partial charge >= 0.3 is 12.1 Å². The van der Waals surface area contributed by atoms with Crippen molar-refractivity contribution in [2.45, 2.75) is 31.1 Å². The van der Waals surface area contributed by atoms with Crippen LogP contribution in [0.5, 0.6) is 0 Å². The molecule has 1 fully saturated rings. The van der Waals surface area contributed by atoms with E-state index in [1.165, 1.54) is 19.2 Å². The Labute approximate surface area is 205 Å². The van der Waals surface area contributed by atoms with Gasteiger partial charge in [-0.3, -0.25) is 4.79 Å². The molecular formula is C28H23F3N2O3. The molecule has 0 spiro atoms. The van der Waals surface area contributed by atoms with Crippen molar-refractivity contribution >= 4 is 22.8 Å². The summed E-state index contributed by atoms with van der Waals surface area (Å²) in [4.78, 5) is 25.2. The normalized spacial score (nSPS) is 14.4. The third-order valence-electron chi connectivity index (χ3n) is 6.63. The molecule has 8 heteroatoms. The lowest BCUT2D eigenvalue weighted by atomic mass is 10.0. The molecule has 1 aliphatic carbocycles. The largest absolute Gasteiger partial charge is 0.465 e. The van der Waals surface area contributed by atoms with Crippen LogP contribution in [0.1, 0.15) is 50.2 Å². The van der Waals surface area contributed by atoms with Crippen molar-refractivity contribution in [2.75, 3.05) is 7.11 Å². The van der Waals surface area contributed by atoms with Crippen LogP contribution < -0.4 is 5.32 Å². The van der Waals surface area contributed by atoms with Crippen LogP contribution in [0, 0.1) is 0 Å². The molecule has 0 radical (unpaired) electrons. The molecule has 0 atom stereocenters. The Kier molecular flexibility index (Phi) is 5.82. The topological polar surface area (TPSA) is 60.3 Å². The van der Waals surface area contributed by atoms with Gasteiger partial charge in [-0.2, -0.15) is 13.2 Å². The predicted octanol–water partition coefficient (Wildman–Crippen LogP) is 5.91. The average Bonchev–Trinajstić information content (AvgIpc) is 3.55. The smallest absolute Gasteiger partial charge is 0.416 e. The van der Waals surface area contributed by atoms with Gasteiger partial charge in [-0.05, 0) is 60.4 Å². The fourth-order valence-electron chi connectivity index (χ4n) is 4.51. The third kappa shape index (κ3) is 4.46. The Morgan fingerprint density at radius 1 is 0.972 bits per heavy atom. The number of hydrogen-bond donors (Lipinski definition) is 1. The summed E-state index contributed by atoms with van der Waals surface area (Å²) in [7, 11) is 1.33. The molecule has 4 aromatic rings. The summed E-state index contributed by atoms with van der Waals surface area (Å²) in [6.45, 7) is 0.325. The standard InChI is InChI=1S/C28H23F3N2O3/c1-36-26(35)20-7-11-21(12-8-20)27(14-15-27)32-25(34)23-4-2-3-19-13-16-33(24(19)23)17-18-5-9-22(10-6-18)28(29,30)31/h2-13,16H,14-15,17H2,1H3,(H,32,34). The van der Waals surface area contributed by atoms with Crippen molar-refractivity contribution in [3.63, 3.8) is 0 Å². The number of ether oxygens (including phenoxy) is 1. The van der Waals surface area contributed by atoms with Crippen molar-refractivity contribution in [1.29, 1.82) is 0 Å². The van der Waals surface area contributed by atoms with Crippen molar-refractivity contribution in [3.05, 3.63) is 107 Å². The Morgan fingerprint density at radius 2 is 1.67 bits per heavy atom. The van der Waals surface area contributed by atoms with E-state index >= 15 is 0 Å². The van der Waals surface area contributed by atoms with Gasteiger partial charge in [0, 0.05) is 18.1 Å². The lowest BCUT2D eigenvalue weighted by Crippen LogP contribution is -2.35. The second-order valence-electron chi connectivity index (χ2n) is 8.99. The fourth-order valence-corrected chi connectivity index (χ4v) is 4.51. The highest BCUT2D eigenvalue weighted by Crippen LogP contribution is 2.46. The number of esters is 1. The number of nitrogens with zero attached hydrogens (tertiary/aromatic N) is 1. The van der Waals surface area contributed by atoms with E-state index in [1.807, 2.05) is 41.1 Å². The van der Waals surface area contributed by atoms with Gasteiger partial charge in [0.25, 0.3) is 5.91 Å². The molecule has 5 nitrogen and oxygen atoms in total. The monoisotopic (exact) mass is 492 g/mol. The van der Waals surface area contributed by atoms with E-state index in [9.17, 15) is 22.8 Å². The molecule has 0 aliphatic heterocycles. The van der Waals surface area contributed by atoms with Crippen LogP contribution in [0.15, 0.2) is 79.0 Å². The summed E-state index contributed by atoms with van der Waals surface area (Å²) in [6.07, 6.45) is -1.00. The van der Waals surface area contributed by atoms with Crippen molar-refractivity contribution in [1.82, 2.24) is 9.88 Å². The maximum Gasteiger partial charge on any atom is 0.416 e. The van der Waals surface area contributed by atoms with E-state index in [4.69, 9.17) is 4.74 Å². The van der Waals surface area contributed by atoms with E-state index in [0.717, 1.165) is 35.9 Å². The van der Waals surface area contributed by atoms with Crippen molar-refractivity contribution in [2.24, 2.45) is 0 Å². The van der Waals surface area contributed by atoms with Crippen molar-refractivity contribution in [3.8, 4) is 0 Å². The number of carbonyl (C=O) groups excluding carboxylic acids is 2. The summed E-state index contributed by atoms with van der Waals surface area (Å²) in [6, 6.07) is 19.4. The second-order valence-corrected chi connectivity index (χ2v) is 8.99. The Bertz CT molecular complexity index is 1430. The minimum atomic E-state index is -4.39. The number of aromatic nitrogens is 1. The Hall–Kier alpha value is -4.07. The van der Waals surface area contributed by atoms with E-state index in [2.05, 4.69) is 5.32 Å². The highest BCUT2D eigenvalue weighted by molar-refractivity contribution is 6.06. The minimum Gasteiger partial charge on any atom is -0.465 e. The number of hydrogen-bond acceptors (Lipinski definition) is 3. The van der Waals surface area contributed by atoms with Gasteiger partial charge < -0.3 is 14.6 Å². The number of fused-ring (bicyclic) bond motifs is 1. The maximum absolute atomic E-state index is 13.4. The lowest BCUT2D eigenvalue weighted by molar-refractivity contribution is -0.137. The fraction of sp³-hybridized carbons (Fsp3) is 0.214. The zero-order chi connectivity index (χ0) is 25.5. The molecule has 0 bridgehead atoms. The molecule has 36 heavy (non-hydrogen) atoms. The number of nitrogens with one attached hydrogen (secondary N) is 1. The number of carbonyl (C=O) groups is 2. The van der Waals surface area contributed by atoms with Gasteiger partial charge in [0.15, 0.2) is 0 Å². The molecule has 1 aliphatic rings. The zero-order valence-corrected chi connectivity index (χ0v) is 19.4. The average molecular weight is 492 g/mol. The molecule has 1 N–H and O–H groups in total. The van der Waals surface area contributed by atoms with Gasteiger partial charge in [0.2, 0.25) is 0 Å². The molecule has 1 amide bonds. The molecule has 1 saturated carbocycles. The van der Waals surface area contributed by atoms with Gasteiger partial charge in [-0.1, -0.05) is 36.4 Å². The number of para-hydroxylation sites is 1. The minimum absolute atomic E-state index is 0.234. The number of alkyl halides is 3. The van der Waals surface area contributed by atoms with Crippen LogP contribution in [-0.2, 0) is 23.0 Å². The first-order chi connectivity index (χ1) is 17.2. The summed E-state index contributed by atoms with van der Waals surface area (Å²) in [5.74, 6) is -0.654. The first-order valence-electron chi connectivity index (χ1n) is 11.5. The van der Waals surface area contributed by atoms with Crippen LogP contribution in [0.2, 0.25) is 0 Å². The quantitative estimate of drug-likeness (QED) is 0.340. The van der Waals surface area contributed by atoms with Gasteiger partial charge in [0.1, 0.15) is 0 Å². The first-order valence-corrected chi connectivity index (χ1v) is 11.5. The number of rotatable bonds is 6. The third-order valence-corrected chi connectivity index (χ3v) is 6.63. The Morgan fingerprint density at radius 3 is 2.28 bits per heavy atom. The molecule has 5 rings (SSSR count). The molecule has 0 saturated heterocycles. The van der Waals surface area contributed by atoms with Crippen LogP contribution in [0.25, 0.3) is 10.9 Å². The maximum atomic E-state index is 13.4. The van der Waals surface area contributed by atoms with Crippen LogP contribution in [-0.4, -0.2) is 23.6 Å². The highest BCUT2D eigenvalue weighted by atomic mass is 19.4. The van der Waals surface area contributed by atoms with Crippen molar-refractivity contribution < 1.29 is 27.5 Å². The van der Waals surface area contributed by atoms with E-state index in [1.54, 1.807) is 18.2 Å². The SMILES string of the molecule is COC(=O)c1ccc(C2(NC(=O)c3cccc4ccn(Cc5ccc(C(F)(F)F)cc5)c34)CC2)cc1. The summed E-state index contributed by atoms with van der Waals surface area (Å²) >= 11 is 0. The second kappa shape index (κ2) is 8.86. The molecule has 1 heterocycles. The highest BCUT2D eigenvalue weighted by Gasteiger charge is 2.46. The van der Waals surface area contributed by atoms with Crippen LogP contribution >= 0.6 is 0 Å². The van der Waals surface area contributed by atoms with Gasteiger partial charge in [-0.25, -0.2) is 4.79 Å². The number of halogens is 3. The van der Waals surface area contributed by atoms with Gasteiger partial charge in [0.05, 0.1) is 34.9 Å². The summed E-state index contributed by atoms with van der Waals surface area (Å²) in [5.41, 5.74) is 2.05. The molecular weight excluding hydrogens is 469 g/mol. The van der Waals surface area contributed by atoms with Crippen LogP contribution in [0.3, 0.4) is 0 Å². The Balaban J connectivity index is 1.40. The van der Waals surface area contributed by atoms with Crippen LogP contribution in [0.4, 0.5) is 13.2 Å². The molecule has 1 aromatic heterocycles. The predicted molar refractivity (Wildman–Crippen MR) is 129 cm³/mol.